The molecule has 1 aliphatic heterocycles. The summed E-state index contributed by atoms with van der Waals surface area (Å²) in [6.45, 7) is 2.89. The van der Waals surface area contributed by atoms with Crippen LogP contribution in [0.4, 0.5) is 5.13 Å². The van der Waals surface area contributed by atoms with Crippen LogP contribution < -0.4 is 10.6 Å². The molecule has 1 atom stereocenters. The first-order valence-corrected chi connectivity index (χ1v) is 7.07. The summed E-state index contributed by atoms with van der Waals surface area (Å²) in [6, 6.07) is 0. The van der Waals surface area contributed by atoms with Crippen LogP contribution in [0, 0.1) is 0 Å². The number of thiazole rings is 1. The van der Waals surface area contributed by atoms with Crippen LogP contribution in [0.2, 0.25) is 0 Å². The molecule has 92 valence electrons. The van der Waals surface area contributed by atoms with Crippen LogP contribution in [0.5, 0.6) is 0 Å². The van der Waals surface area contributed by atoms with Crippen LogP contribution in [0.3, 0.4) is 0 Å². The molecular weight excluding hydrogens is 234 g/mol. The van der Waals surface area contributed by atoms with Crippen molar-refractivity contribution in [3.63, 3.8) is 0 Å². The summed E-state index contributed by atoms with van der Waals surface area (Å²) in [7, 11) is 0. The van der Waals surface area contributed by atoms with Crippen molar-refractivity contribution in [2.45, 2.75) is 44.1 Å². The maximum atomic E-state index is 12.1. The fourth-order valence-electron chi connectivity index (χ4n) is 2.23. The van der Waals surface area contributed by atoms with Gasteiger partial charge in [0.25, 0.3) is 0 Å². The molecule has 2 fully saturated rings. The molecule has 17 heavy (non-hydrogen) atoms. The van der Waals surface area contributed by atoms with Crippen LogP contribution in [-0.2, 0) is 4.79 Å². The van der Waals surface area contributed by atoms with Gasteiger partial charge in [-0.15, -0.1) is 11.3 Å². The largest absolute Gasteiger partial charge is 0.304 e. The second-order valence-electron chi connectivity index (χ2n) is 5.17. The zero-order valence-electron chi connectivity index (χ0n) is 9.95. The zero-order valence-corrected chi connectivity index (χ0v) is 10.8. The molecule has 1 unspecified atom stereocenters. The van der Waals surface area contributed by atoms with E-state index < -0.39 is 5.54 Å². The van der Waals surface area contributed by atoms with E-state index in [1.54, 1.807) is 0 Å². The number of anilines is 1. The average Bonchev–Trinajstić information content (AvgIpc) is 2.89. The number of carbonyl (C=O) groups is 1. The molecule has 5 heteroatoms. The van der Waals surface area contributed by atoms with E-state index in [-0.39, 0.29) is 5.91 Å². The highest BCUT2D eigenvalue weighted by molar-refractivity contribution is 7.14. The summed E-state index contributed by atoms with van der Waals surface area (Å²) in [4.78, 5) is 16.6. The van der Waals surface area contributed by atoms with E-state index in [1.807, 2.05) is 6.92 Å². The molecule has 2 heterocycles. The van der Waals surface area contributed by atoms with Crippen molar-refractivity contribution >= 4 is 22.4 Å². The highest BCUT2D eigenvalue weighted by Crippen LogP contribution is 2.41. The molecule has 2 aliphatic rings. The standard InChI is InChI=1S/C12H17N3OS/c1-12(5-2-6-13-12)10(16)15-11-14-9(7-17-11)8-3-4-8/h7-8,13H,2-6H2,1H3,(H,14,15,16). The number of nitrogens with one attached hydrogen (secondary N) is 2. The van der Waals surface area contributed by atoms with Crippen LogP contribution >= 0.6 is 11.3 Å². The predicted molar refractivity (Wildman–Crippen MR) is 68.4 cm³/mol. The Labute approximate surface area is 105 Å². The molecule has 3 rings (SSSR count). The molecule has 2 N–H and O–H groups in total. The third-order valence-electron chi connectivity index (χ3n) is 3.61. The van der Waals surface area contributed by atoms with Crippen LogP contribution in [-0.4, -0.2) is 23.0 Å². The van der Waals surface area contributed by atoms with Gasteiger partial charge in [0.05, 0.1) is 11.2 Å². The lowest BCUT2D eigenvalue weighted by Crippen LogP contribution is -2.47. The van der Waals surface area contributed by atoms with Gasteiger partial charge in [-0.3, -0.25) is 4.79 Å². The number of amides is 1. The Balaban J connectivity index is 1.66. The van der Waals surface area contributed by atoms with E-state index in [0.717, 1.165) is 30.2 Å². The van der Waals surface area contributed by atoms with E-state index in [0.29, 0.717) is 5.92 Å². The summed E-state index contributed by atoms with van der Waals surface area (Å²) in [5, 5.41) is 9.00. The smallest absolute Gasteiger partial charge is 0.246 e. The Kier molecular flexibility index (Phi) is 2.67. The molecule has 1 aromatic heterocycles. The zero-order chi connectivity index (χ0) is 11.9. The van der Waals surface area contributed by atoms with E-state index in [9.17, 15) is 4.79 Å². The number of hydrogen-bond donors (Lipinski definition) is 2. The topological polar surface area (TPSA) is 54.0 Å². The van der Waals surface area contributed by atoms with Gasteiger partial charge in [0.2, 0.25) is 5.91 Å². The van der Waals surface area contributed by atoms with Gasteiger partial charge < -0.3 is 10.6 Å². The lowest BCUT2D eigenvalue weighted by molar-refractivity contribution is -0.121. The third kappa shape index (κ3) is 2.21. The quantitative estimate of drug-likeness (QED) is 0.865. The molecule has 1 aromatic rings. The Morgan fingerprint density at radius 3 is 3.12 bits per heavy atom. The monoisotopic (exact) mass is 251 g/mol. The molecular formula is C12H17N3OS. The number of aromatic nitrogens is 1. The number of hydrogen-bond acceptors (Lipinski definition) is 4. The van der Waals surface area contributed by atoms with Crippen LogP contribution in [0.25, 0.3) is 0 Å². The highest BCUT2D eigenvalue weighted by Gasteiger charge is 2.36. The predicted octanol–water partition coefficient (Wildman–Crippen LogP) is 2.10. The van der Waals surface area contributed by atoms with E-state index in [2.05, 4.69) is 21.0 Å². The summed E-state index contributed by atoms with van der Waals surface area (Å²) in [5.74, 6) is 0.698. The lowest BCUT2D eigenvalue weighted by atomic mass is 10.00. The first-order valence-electron chi connectivity index (χ1n) is 6.19. The number of carbonyl (C=O) groups excluding carboxylic acids is 1. The Morgan fingerprint density at radius 1 is 1.65 bits per heavy atom. The first kappa shape index (κ1) is 11.2. The Bertz CT molecular complexity index is 433. The van der Waals surface area contributed by atoms with E-state index in [1.165, 1.54) is 24.2 Å². The highest BCUT2D eigenvalue weighted by atomic mass is 32.1. The van der Waals surface area contributed by atoms with Crippen molar-refractivity contribution in [3.8, 4) is 0 Å². The van der Waals surface area contributed by atoms with Gasteiger partial charge in [-0.1, -0.05) is 0 Å². The third-order valence-corrected chi connectivity index (χ3v) is 4.38. The van der Waals surface area contributed by atoms with E-state index >= 15 is 0 Å². The van der Waals surface area contributed by atoms with Crippen molar-refractivity contribution < 1.29 is 4.79 Å². The van der Waals surface area contributed by atoms with Crippen molar-refractivity contribution in [2.24, 2.45) is 0 Å². The van der Waals surface area contributed by atoms with Crippen molar-refractivity contribution in [1.82, 2.24) is 10.3 Å². The second-order valence-corrected chi connectivity index (χ2v) is 6.03. The van der Waals surface area contributed by atoms with Gasteiger partial charge in [-0.05, 0) is 39.2 Å². The number of nitrogens with zero attached hydrogens (tertiary/aromatic N) is 1. The first-order chi connectivity index (χ1) is 8.17. The van der Waals surface area contributed by atoms with Crippen LogP contribution in [0.15, 0.2) is 5.38 Å². The van der Waals surface area contributed by atoms with Gasteiger partial charge in [-0.2, -0.15) is 0 Å². The van der Waals surface area contributed by atoms with Crippen LogP contribution in [0.1, 0.15) is 44.2 Å². The minimum Gasteiger partial charge on any atom is -0.304 e. The molecule has 0 aromatic carbocycles. The minimum atomic E-state index is -0.411. The minimum absolute atomic E-state index is 0.0479. The summed E-state index contributed by atoms with van der Waals surface area (Å²) >= 11 is 1.53. The van der Waals surface area contributed by atoms with Crippen molar-refractivity contribution in [2.75, 3.05) is 11.9 Å². The SMILES string of the molecule is CC1(C(=O)Nc2nc(C3CC3)cs2)CCCN1. The van der Waals surface area contributed by atoms with Gasteiger partial charge in [0.1, 0.15) is 0 Å². The Hall–Kier alpha value is -0.940. The van der Waals surface area contributed by atoms with Gasteiger partial charge >= 0.3 is 0 Å². The molecule has 1 aliphatic carbocycles. The molecule has 1 saturated heterocycles. The van der Waals surface area contributed by atoms with Gasteiger partial charge in [-0.25, -0.2) is 4.98 Å². The van der Waals surface area contributed by atoms with Crippen molar-refractivity contribution in [3.05, 3.63) is 11.1 Å². The van der Waals surface area contributed by atoms with Crippen molar-refractivity contribution in [1.29, 1.82) is 0 Å². The summed E-state index contributed by atoms with van der Waals surface area (Å²) in [6.07, 6.45) is 4.46. The second kappa shape index (κ2) is 4.07. The molecule has 0 radical (unpaired) electrons. The van der Waals surface area contributed by atoms with Gasteiger partial charge in [0.15, 0.2) is 5.13 Å². The molecule has 4 nitrogen and oxygen atoms in total. The molecule has 0 bridgehead atoms. The fraction of sp³-hybridized carbons (Fsp3) is 0.667. The van der Waals surface area contributed by atoms with Gasteiger partial charge in [0, 0.05) is 11.3 Å². The normalized spacial score (nSPS) is 28.3. The Morgan fingerprint density at radius 2 is 2.47 bits per heavy atom. The fourth-order valence-corrected chi connectivity index (χ4v) is 3.02. The lowest BCUT2D eigenvalue weighted by Gasteiger charge is -2.21. The molecule has 0 spiro atoms. The summed E-state index contributed by atoms with van der Waals surface area (Å²) in [5.41, 5.74) is 0.737. The molecule has 1 amide bonds. The van der Waals surface area contributed by atoms with E-state index in [4.69, 9.17) is 0 Å². The maximum absolute atomic E-state index is 12.1. The average molecular weight is 251 g/mol. The summed E-state index contributed by atoms with van der Waals surface area (Å²) < 4.78 is 0. The molecule has 1 saturated carbocycles. The maximum Gasteiger partial charge on any atom is 0.246 e. The number of rotatable bonds is 3.